The summed E-state index contributed by atoms with van der Waals surface area (Å²) in [6, 6.07) is 7.53. The Morgan fingerprint density at radius 1 is 1.31 bits per heavy atom. The summed E-state index contributed by atoms with van der Waals surface area (Å²) in [5, 5.41) is 18.3. The summed E-state index contributed by atoms with van der Waals surface area (Å²) in [5.74, 6) is 0.648. The lowest BCUT2D eigenvalue weighted by Crippen LogP contribution is -2.18. The first-order valence-electron chi connectivity index (χ1n) is 4.37. The largest absolute Gasteiger partial charge is 0.464 e. The van der Waals surface area contributed by atoms with Crippen LogP contribution in [0.5, 0.6) is 5.75 Å². The highest BCUT2D eigenvalue weighted by Gasteiger charge is 2.31. The second-order valence-corrected chi connectivity index (χ2v) is 3.17. The predicted octanol–water partition coefficient (Wildman–Crippen LogP) is 0.863. The molecule has 1 heterocycles. The summed E-state index contributed by atoms with van der Waals surface area (Å²) in [6.45, 7) is 0.0689. The minimum Gasteiger partial charge on any atom is -0.464 e. The Morgan fingerprint density at radius 2 is 2.08 bits per heavy atom. The van der Waals surface area contributed by atoms with E-state index >= 15 is 0 Å². The maximum Gasteiger partial charge on any atom is 0.204 e. The maximum absolute atomic E-state index is 9.51. The number of rotatable bonds is 2. The molecule has 1 aromatic rings. The topological polar surface area (TPSA) is 49.7 Å². The van der Waals surface area contributed by atoms with Gasteiger partial charge >= 0.3 is 0 Å². The van der Waals surface area contributed by atoms with E-state index in [1.165, 1.54) is 0 Å². The molecular weight excluding hydrogens is 168 g/mol. The van der Waals surface area contributed by atoms with Gasteiger partial charge in [0.25, 0.3) is 0 Å². The number of fused-ring (bicyclic) bond motifs is 1. The Morgan fingerprint density at radius 3 is 2.85 bits per heavy atom. The van der Waals surface area contributed by atoms with Crippen LogP contribution in [0.15, 0.2) is 24.3 Å². The first-order valence-corrected chi connectivity index (χ1v) is 4.37. The van der Waals surface area contributed by atoms with Gasteiger partial charge in [0.15, 0.2) is 0 Å². The first-order chi connectivity index (χ1) is 6.33. The van der Waals surface area contributed by atoms with Crippen LogP contribution in [0.4, 0.5) is 0 Å². The third-order valence-corrected chi connectivity index (χ3v) is 2.35. The second-order valence-electron chi connectivity index (χ2n) is 3.17. The number of hydrogen-bond acceptors (Lipinski definition) is 3. The highest BCUT2D eigenvalue weighted by molar-refractivity contribution is 5.40. The van der Waals surface area contributed by atoms with E-state index in [-0.39, 0.29) is 12.5 Å². The van der Waals surface area contributed by atoms with Crippen molar-refractivity contribution in [3.63, 3.8) is 0 Å². The van der Waals surface area contributed by atoms with Gasteiger partial charge in [-0.2, -0.15) is 0 Å². The Bertz CT molecular complexity index is 298. The molecular formula is C10H12O3. The van der Waals surface area contributed by atoms with Crippen molar-refractivity contribution in [2.75, 3.05) is 6.61 Å². The van der Waals surface area contributed by atoms with Gasteiger partial charge in [-0.1, -0.05) is 18.2 Å². The van der Waals surface area contributed by atoms with Crippen LogP contribution in [-0.4, -0.2) is 23.1 Å². The molecule has 0 saturated carbocycles. The zero-order chi connectivity index (χ0) is 9.26. The summed E-state index contributed by atoms with van der Waals surface area (Å²) in [5.41, 5.74) is 0.990. The van der Waals surface area contributed by atoms with Crippen molar-refractivity contribution in [2.45, 2.75) is 18.6 Å². The van der Waals surface area contributed by atoms with Crippen LogP contribution in [0.3, 0.4) is 0 Å². The van der Waals surface area contributed by atoms with Crippen LogP contribution in [0.2, 0.25) is 0 Å². The Hall–Kier alpha value is -1.06. The second kappa shape index (κ2) is 3.36. The highest BCUT2D eigenvalue weighted by atomic mass is 16.6. The van der Waals surface area contributed by atoms with E-state index in [0.717, 1.165) is 11.3 Å². The normalized spacial score (nSPS) is 25.4. The fraction of sp³-hybridized carbons (Fsp3) is 0.400. The molecule has 2 rings (SSSR count). The lowest BCUT2D eigenvalue weighted by atomic mass is 9.97. The van der Waals surface area contributed by atoms with Crippen LogP contribution in [0.1, 0.15) is 17.9 Å². The molecule has 0 fully saturated rings. The van der Waals surface area contributed by atoms with Gasteiger partial charge in [0, 0.05) is 12.2 Å². The molecule has 1 aliphatic rings. The van der Waals surface area contributed by atoms with Gasteiger partial charge in [-0.3, -0.25) is 0 Å². The Balaban J connectivity index is 2.29. The SMILES string of the molecule is OCC[C@H]1c2ccccc2O[C@@H]1O. The van der Waals surface area contributed by atoms with E-state index in [1.807, 2.05) is 24.3 Å². The maximum atomic E-state index is 9.51. The molecule has 1 aromatic carbocycles. The summed E-state index contributed by atoms with van der Waals surface area (Å²) in [6.07, 6.45) is -0.261. The Labute approximate surface area is 76.6 Å². The number of para-hydroxylation sites is 1. The van der Waals surface area contributed by atoms with Crippen LogP contribution in [0, 0.1) is 0 Å². The molecule has 0 bridgehead atoms. The van der Waals surface area contributed by atoms with Gasteiger partial charge in [0.05, 0.1) is 5.92 Å². The quantitative estimate of drug-likeness (QED) is 0.709. The van der Waals surface area contributed by atoms with E-state index in [9.17, 15) is 5.11 Å². The van der Waals surface area contributed by atoms with Crippen molar-refractivity contribution in [3.05, 3.63) is 29.8 Å². The van der Waals surface area contributed by atoms with E-state index < -0.39 is 6.29 Å². The Kier molecular flexibility index (Phi) is 2.20. The van der Waals surface area contributed by atoms with Crippen LogP contribution >= 0.6 is 0 Å². The van der Waals surface area contributed by atoms with Crippen molar-refractivity contribution in [1.82, 2.24) is 0 Å². The molecule has 0 saturated heterocycles. The molecule has 70 valence electrons. The summed E-state index contributed by atoms with van der Waals surface area (Å²) < 4.78 is 5.22. The smallest absolute Gasteiger partial charge is 0.204 e. The van der Waals surface area contributed by atoms with Gasteiger partial charge in [-0.15, -0.1) is 0 Å². The average Bonchev–Trinajstić information content (AvgIpc) is 2.44. The van der Waals surface area contributed by atoms with Crippen molar-refractivity contribution >= 4 is 0 Å². The average molecular weight is 180 g/mol. The summed E-state index contributed by atoms with van der Waals surface area (Å²) in [7, 11) is 0. The molecule has 0 radical (unpaired) electrons. The van der Waals surface area contributed by atoms with Gasteiger partial charge in [0.1, 0.15) is 5.75 Å². The zero-order valence-corrected chi connectivity index (χ0v) is 7.18. The van der Waals surface area contributed by atoms with Crippen LogP contribution in [-0.2, 0) is 0 Å². The molecule has 1 aliphatic heterocycles. The van der Waals surface area contributed by atoms with Crippen LogP contribution < -0.4 is 4.74 Å². The fourth-order valence-corrected chi connectivity index (χ4v) is 1.70. The lowest BCUT2D eigenvalue weighted by molar-refractivity contribution is -0.0228. The number of benzene rings is 1. The van der Waals surface area contributed by atoms with Crippen molar-refractivity contribution in [3.8, 4) is 5.75 Å². The monoisotopic (exact) mass is 180 g/mol. The predicted molar refractivity (Wildman–Crippen MR) is 47.5 cm³/mol. The van der Waals surface area contributed by atoms with E-state index in [1.54, 1.807) is 0 Å². The molecule has 2 atom stereocenters. The third kappa shape index (κ3) is 1.41. The van der Waals surface area contributed by atoms with Gasteiger partial charge in [0.2, 0.25) is 6.29 Å². The highest BCUT2D eigenvalue weighted by Crippen LogP contribution is 2.38. The van der Waals surface area contributed by atoms with Gasteiger partial charge in [-0.05, 0) is 12.5 Å². The molecule has 13 heavy (non-hydrogen) atoms. The zero-order valence-electron chi connectivity index (χ0n) is 7.18. The molecule has 3 nitrogen and oxygen atoms in total. The number of hydrogen-bond donors (Lipinski definition) is 2. The fourth-order valence-electron chi connectivity index (χ4n) is 1.70. The van der Waals surface area contributed by atoms with Crippen molar-refractivity contribution in [2.24, 2.45) is 0 Å². The van der Waals surface area contributed by atoms with E-state index in [0.29, 0.717) is 6.42 Å². The van der Waals surface area contributed by atoms with Crippen LogP contribution in [0.25, 0.3) is 0 Å². The molecule has 2 N–H and O–H groups in total. The van der Waals surface area contributed by atoms with E-state index in [2.05, 4.69) is 0 Å². The number of aliphatic hydroxyl groups excluding tert-OH is 2. The molecule has 0 unspecified atom stereocenters. The summed E-state index contributed by atoms with van der Waals surface area (Å²) >= 11 is 0. The minimum absolute atomic E-state index is 0.0689. The first kappa shape index (κ1) is 8.53. The standard InChI is InChI=1S/C10H12O3/c11-6-5-8-7-3-1-2-4-9(7)13-10(8)12/h1-4,8,10-12H,5-6H2/t8-,10-/m0/s1. The van der Waals surface area contributed by atoms with E-state index in [4.69, 9.17) is 9.84 Å². The lowest BCUT2D eigenvalue weighted by Gasteiger charge is -2.11. The molecule has 0 amide bonds. The van der Waals surface area contributed by atoms with Crippen molar-refractivity contribution in [1.29, 1.82) is 0 Å². The molecule has 0 aliphatic carbocycles. The summed E-state index contributed by atoms with van der Waals surface area (Å²) in [4.78, 5) is 0. The number of ether oxygens (including phenoxy) is 1. The molecule has 0 spiro atoms. The number of aliphatic hydroxyl groups is 2. The third-order valence-electron chi connectivity index (χ3n) is 2.35. The molecule has 0 aromatic heterocycles. The van der Waals surface area contributed by atoms with Crippen molar-refractivity contribution < 1.29 is 14.9 Å². The van der Waals surface area contributed by atoms with Gasteiger partial charge in [-0.25, -0.2) is 0 Å². The minimum atomic E-state index is -0.801. The van der Waals surface area contributed by atoms with Gasteiger partial charge < -0.3 is 14.9 Å². The molecule has 3 heteroatoms.